The fraction of sp³-hybridized carbons (Fsp3) is 0.532. The first-order valence-electron chi connectivity index (χ1n) is 46.7. The molecule has 16 rings (SSSR count). The Bertz CT molecular complexity index is 4480. The molecule has 2 aliphatic rings. The second kappa shape index (κ2) is 72.8. The van der Waals surface area contributed by atoms with Gasteiger partial charge in [0.15, 0.2) is 17.7 Å². The summed E-state index contributed by atoms with van der Waals surface area (Å²) in [5, 5.41) is 26.8. The minimum absolute atomic E-state index is 0.119. The lowest BCUT2D eigenvalue weighted by Gasteiger charge is -2.18. The molecule has 1 aromatic carbocycles. The zero-order valence-electron chi connectivity index (χ0n) is 92.8. The van der Waals surface area contributed by atoms with Gasteiger partial charge in [0.2, 0.25) is 0 Å². The molecule has 0 fully saturated rings. The maximum Gasteiger partial charge on any atom is 0.180 e. The quantitative estimate of drug-likeness (QED) is 0.127. The van der Waals surface area contributed by atoms with Crippen LogP contribution in [0.25, 0.3) is 32.4 Å². The predicted molar refractivity (Wildman–Crippen MR) is 592 cm³/mol. The molecular formula is C111H183N21OS3. The molecule has 136 heavy (non-hydrogen) atoms. The SMILES string of the molecule is C1=CCC=C1.C1=Nc2cccnc2C1.CC.CC(C)(C)C.CC(C)(C)C.CC(C)(C)C.CC(C)(C)C.CC(C)(C)C.CC(C)(C)C.CC(C)(C)C.CC(C)(C)c1ccccc1.CC(C)(C)c1cnccn1.CC(C)(C)c1nc2cccnc2s1.CC(C)(C)c1nncs1.CC(C)C.c1c[nH]cn1.c1ccncc1.c1cocn1.c1cscn1.c1ncc2cn[nH]c2n1.c1ncc2cn[nH]c2n1. The Balaban J connectivity index is -0.000000446. The summed E-state index contributed by atoms with van der Waals surface area (Å²) in [7, 11) is 0. The topological polar surface area (TPSA) is 292 Å². The first kappa shape index (κ1) is 134. The third kappa shape index (κ3) is 106. The van der Waals surface area contributed by atoms with Crippen LogP contribution in [0, 0.1) is 43.8 Å². The number of oxazole rings is 1. The number of fused-ring (bicyclic) bond motifs is 4. The van der Waals surface area contributed by atoms with Crippen molar-refractivity contribution in [2.75, 3.05) is 0 Å². The van der Waals surface area contributed by atoms with Crippen molar-refractivity contribution in [3.05, 3.63) is 265 Å². The van der Waals surface area contributed by atoms with E-state index in [1.165, 1.54) is 30.9 Å². The number of imidazole rings is 1. The molecule has 3 N–H and O–H groups in total. The van der Waals surface area contributed by atoms with Gasteiger partial charge >= 0.3 is 0 Å². The molecule has 0 radical (unpaired) electrons. The molecule has 13 aromatic heterocycles. The molecule has 1 aliphatic carbocycles. The smallest absolute Gasteiger partial charge is 0.180 e. The largest absolute Gasteiger partial charge is 0.452 e. The van der Waals surface area contributed by atoms with Gasteiger partial charge in [-0.15, -0.1) is 32.9 Å². The Kier molecular flexibility index (Phi) is 71.7. The van der Waals surface area contributed by atoms with E-state index < -0.39 is 0 Å². The van der Waals surface area contributed by atoms with Crippen molar-refractivity contribution < 1.29 is 4.42 Å². The monoisotopic (exact) mass is 1920 g/mol. The van der Waals surface area contributed by atoms with Crippen LogP contribution in [0.2, 0.25) is 0 Å². The van der Waals surface area contributed by atoms with Gasteiger partial charge in [-0.05, 0) is 97.6 Å². The molecule has 25 heteroatoms. The van der Waals surface area contributed by atoms with Crippen LogP contribution in [-0.2, 0) is 28.1 Å². The average molecular weight is 1920 g/mol. The summed E-state index contributed by atoms with van der Waals surface area (Å²) in [6.45, 7) is 97.7. The van der Waals surface area contributed by atoms with Crippen LogP contribution < -0.4 is 0 Å². The van der Waals surface area contributed by atoms with E-state index in [0.29, 0.717) is 43.3 Å². The van der Waals surface area contributed by atoms with E-state index in [-0.39, 0.29) is 16.2 Å². The number of allylic oxidation sites excluding steroid dienone is 4. The summed E-state index contributed by atoms with van der Waals surface area (Å²) in [6, 6.07) is 24.1. The van der Waals surface area contributed by atoms with Gasteiger partial charge in [0.1, 0.15) is 44.8 Å². The van der Waals surface area contributed by atoms with Crippen LogP contribution >= 0.6 is 34.0 Å². The number of hydrogen-bond acceptors (Lipinski definition) is 22. The zero-order chi connectivity index (χ0) is 105. The lowest BCUT2D eigenvalue weighted by molar-refractivity contribution is 0.469. The van der Waals surface area contributed by atoms with E-state index in [2.05, 4.69) is 462 Å². The summed E-state index contributed by atoms with van der Waals surface area (Å²) >= 11 is 4.89. The van der Waals surface area contributed by atoms with Gasteiger partial charge in [-0.1, -0.05) is 384 Å². The number of H-pyrrole nitrogens is 3. The number of aromatic amines is 3. The molecule has 14 aromatic rings. The Morgan fingerprint density at radius 1 is 0.397 bits per heavy atom. The second-order valence-corrected chi connectivity index (χ2v) is 49.0. The van der Waals surface area contributed by atoms with Crippen molar-refractivity contribution >= 4 is 78.3 Å². The molecule has 0 unspecified atom stereocenters. The zero-order valence-corrected chi connectivity index (χ0v) is 95.2. The van der Waals surface area contributed by atoms with Crippen molar-refractivity contribution in [3.8, 4) is 0 Å². The highest BCUT2D eigenvalue weighted by Gasteiger charge is 2.20. The molecule has 0 atom stereocenters. The lowest BCUT2D eigenvalue weighted by atomic mass is 9.87. The van der Waals surface area contributed by atoms with E-state index in [9.17, 15) is 0 Å². The van der Waals surface area contributed by atoms with E-state index >= 15 is 0 Å². The molecule has 14 heterocycles. The van der Waals surface area contributed by atoms with Gasteiger partial charge in [0.05, 0.1) is 58.3 Å². The Morgan fingerprint density at radius 3 is 1.14 bits per heavy atom. The van der Waals surface area contributed by atoms with Crippen LogP contribution in [0.1, 0.15) is 345 Å². The Hall–Kier alpha value is -10.5. The molecule has 1 aliphatic heterocycles. The van der Waals surface area contributed by atoms with Crippen molar-refractivity contribution in [3.63, 3.8) is 0 Å². The second-order valence-electron chi connectivity index (χ2n) is 46.4. The minimum Gasteiger partial charge on any atom is -0.452 e. The molecule has 756 valence electrons. The first-order chi connectivity index (χ1) is 62.5. The maximum atomic E-state index is 4.54. The highest BCUT2D eigenvalue weighted by Crippen LogP contribution is 2.30. The summed E-state index contributed by atoms with van der Waals surface area (Å²) < 4.78 is 4.47. The number of aliphatic imine (C=N–C) groups is 1. The number of thiazole rings is 2. The lowest BCUT2D eigenvalue weighted by Crippen LogP contribution is -2.13. The van der Waals surface area contributed by atoms with Crippen LogP contribution in [0.15, 0.2) is 248 Å². The normalized spacial score (nSPS) is 11.2. The fourth-order valence-electron chi connectivity index (χ4n) is 6.80. The third-order valence-corrected chi connectivity index (χ3v) is 14.8. The Morgan fingerprint density at radius 2 is 0.868 bits per heavy atom. The number of hydrogen-bond donors (Lipinski definition) is 3. The van der Waals surface area contributed by atoms with Crippen molar-refractivity contribution in [2.45, 2.75) is 346 Å². The third-order valence-electron chi connectivity index (χ3n) is 11.7. The summed E-state index contributed by atoms with van der Waals surface area (Å²) in [5.41, 5.74) is 14.9. The molecule has 22 nitrogen and oxygen atoms in total. The highest BCUT2D eigenvalue weighted by molar-refractivity contribution is 7.18. The summed E-state index contributed by atoms with van der Waals surface area (Å²) in [4.78, 5) is 59.2. The number of pyridine rings is 3. The van der Waals surface area contributed by atoms with Crippen molar-refractivity contribution in [1.29, 1.82) is 0 Å². The standard InChI is InChI=1S/C10H12N2S.C10H14.C8H12N2.C7H6N2.C6H10N2S.2C5H4N4.C5H5N.C5H6.7C5H12.C4H10.C3H4N2.C3H3NO.C3H3NS.C2H6/c1-10(2,3)9-12-7-5-4-6-11-8(7)13-9;1-10(2,3)9-7-5-4-6-8-9;1-8(2,3)7-6-9-4-5-10-7;1-2-6-7(8-4-1)3-5-9-6;1-6(2,3)5-8-7-4-9-5;2*1-4-2-8-9-5(4)7-3-6-1;1-2-4-6-5-3-1;1-2-4-5-3-1;7*1-5(2,3)4;1-4(2)3;3*1-2-5-3-4-1;1-2/h4-6H,1-3H3;4-8H,1-3H3;4-6H,1-3H3;1-2,4-5H,3H2;4H,1-3H3;2*1-3H,(H,6,7,8,9);1-5H;1-4H,5H2;7*1-4H3;4H,1-3H3;1-3H,(H,4,5);2*1-3H;1-2H3. The van der Waals surface area contributed by atoms with E-state index in [4.69, 9.17) is 0 Å². The number of rotatable bonds is 0. The number of benzene rings is 1. The van der Waals surface area contributed by atoms with Crippen LogP contribution in [0.5, 0.6) is 0 Å². The molecule has 0 amide bonds. The molecule has 0 saturated heterocycles. The molecule has 0 bridgehead atoms. The van der Waals surface area contributed by atoms with E-state index in [1.807, 2.05) is 74.1 Å². The fourth-order valence-corrected chi connectivity index (χ4v) is 8.76. The predicted octanol–water partition coefficient (Wildman–Crippen LogP) is 33.5. The maximum absolute atomic E-state index is 4.54. The van der Waals surface area contributed by atoms with Crippen molar-refractivity contribution in [2.24, 2.45) is 48.8 Å². The van der Waals surface area contributed by atoms with Gasteiger partial charge in [0, 0.05) is 109 Å². The van der Waals surface area contributed by atoms with Crippen LogP contribution in [0.4, 0.5) is 5.69 Å². The van der Waals surface area contributed by atoms with Crippen LogP contribution in [0.3, 0.4) is 0 Å². The molecule has 0 spiro atoms. The number of nitrogens with one attached hydrogen (secondary N) is 3. The van der Waals surface area contributed by atoms with Gasteiger partial charge < -0.3 is 9.40 Å². The number of nitrogens with zero attached hydrogens (tertiary/aromatic N) is 18. The van der Waals surface area contributed by atoms with Gasteiger partial charge in [-0.3, -0.25) is 40.1 Å². The average Bonchev–Trinajstić information content (AvgIpc) is 1.69. The van der Waals surface area contributed by atoms with E-state index in [1.54, 1.807) is 138 Å². The molecule has 0 saturated carbocycles. The van der Waals surface area contributed by atoms with E-state index in [0.717, 1.165) is 78.3 Å². The van der Waals surface area contributed by atoms with Gasteiger partial charge in [-0.25, -0.2) is 39.9 Å². The minimum atomic E-state index is 0.119. The van der Waals surface area contributed by atoms with Gasteiger partial charge in [0.25, 0.3) is 0 Å². The first-order valence-corrected chi connectivity index (χ1v) is 49.3. The van der Waals surface area contributed by atoms with Crippen LogP contribution in [-0.4, -0.2) is 107 Å². The van der Waals surface area contributed by atoms with Gasteiger partial charge in [-0.2, -0.15) is 10.2 Å². The summed E-state index contributed by atoms with van der Waals surface area (Å²) in [6.07, 6.45) is 45.7. The molecular weight excluding hydrogens is 1740 g/mol. The highest BCUT2D eigenvalue weighted by atomic mass is 32.1. The van der Waals surface area contributed by atoms with Crippen molar-refractivity contribution in [1.82, 2.24) is 100 Å². The Labute approximate surface area is 837 Å². The number of aromatic nitrogens is 20. The summed E-state index contributed by atoms with van der Waals surface area (Å²) in [5.74, 6) is 0.833.